The van der Waals surface area contributed by atoms with E-state index in [1.165, 1.54) is 12.8 Å². The predicted octanol–water partition coefficient (Wildman–Crippen LogP) is 2.00. The molecule has 0 bridgehead atoms. The van der Waals surface area contributed by atoms with E-state index in [9.17, 15) is 8.42 Å². The third-order valence-corrected chi connectivity index (χ3v) is 6.64. The van der Waals surface area contributed by atoms with E-state index in [0.717, 1.165) is 44.9 Å². The molecular weight excluding hydrogens is 274 g/mol. The van der Waals surface area contributed by atoms with Crippen molar-refractivity contribution in [1.82, 2.24) is 5.32 Å². The number of hydrogen-bond donors (Lipinski definition) is 1. The molecule has 0 aromatic carbocycles. The van der Waals surface area contributed by atoms with Gasteiger partial charge in [-0.2, -0.15) is 0 Å². The van der Waals surface area contributed by atoms with E-state index in [1.54, 1.807) is 6.92 Å². The van der Waals surface area contributed by atoms with E-state index in [2.05, 4.69) is 12.2 Å². The summed E-state index contributed by atoms with van der Waals surface area (Å²) in [5.74, 6) is 1.31. The Labute approximate surface area is 123 Å². The Morgan fingerprint density at radius 3 is 2.65 bits per heavy atom. The molecule has 2 aliphatic rings. The summed E-state index contributed by atoms with van der Waals surface area (Å²) in [5.41, 5.74) is 0.167. The van der Waals surface area contributed by atoms with E-state index in [0.29, 0.717) is 11.9 Å². The van der Waals surface area contributed by atoms with Crippen molar-refractivity contribution in [3.8, 4) is 0 Å². The Balaban J connectivity index is 1.96. The molecule has 0 aromatic heterocycles. The minimum atomic E-state index is -2.84. The molecule has 1 aliphatic heterocycles. The average molecular weight is 303 g/mol. The highest BCUT2D eigenvalue weighted by atomic mass is 32.2. The van der Waals surface area contributed by atoms with Gasteiger partial charge in [-0.15, -0.1) is 0 Å². The zero-order chi connectivity index (χ0) is 14.6. The summed E-state index contributed by atoms with van der Waals surface area (Å²) in [7, 11) is -2.84. The molecule has 118 valence electrons. The van der Waals surface area contributed by atoms with Gasteiger partial charge in [-0.25, -0.2) is 8.42 Å². The maximum atomic E-state index is 11.7. The molecule has 5 heteroatoms. The highest BCUT2D eigenvalue weighted by Gasteiger charge is 2.50. The van der Waals surface area contributed by atoms with Gasteiger partial charge in [0.15, 0.2) is 0 Å². The lowest BCUT2D eigenvalue weighted by Gasteiger charge is -2.35. The van der Waals surface area contributed by atoms with Crippen LogP contribution >= 0.6 is 0 Å². The van der Waals surface area contributed by atoms with E-state index in [1.807, 2.05) is 0 Å². The molecular formula is C15H29NO3S. The van der Waals surface area contributed by atoms with Crippen molar-refractivity contribution >= 4 is 9.84 Å². The lowest BCUT2D eigenvalue weighted by Crippen LogP contribution is -2.42. The van der Waals surface area contributed by atoms with Crippen molar-refractivity contribution in [2.45, 2.75) is 52.1 Å². The molecule has 1 saturated heterocycles. The summed E-state index contributed by atoms with van der Waals surface area (Å²) in [5, 5.41) is 3.48. The highest BCUT2D eigenvalue weighted by molar-refractivity contribution is 7.91. The van der Waals surface area contributed by atoms with Crippen molar-refractivity contribution in [3.05, 3.63) is 0 Å². The molecule has 0 amide bonds. The summed E-state index contributed by atoms with van der Waals surface area (Å²) in [4.78, 5) is 0. The topological polar surface area (TPSA) is 55.4 Å². The maximum Gasteiger partial charge on any atom is 0.150 e. The van der Waals surface area contributed by atoms with Crippen molar-refractivity contribution in [1.29, 1.82) is 0 Å². The van der Waals surface area contributed by atoms with E-state index in [4.69, 9.17) is 4.74 Å². The monoisotopic (exact) mass is 303 g/mol. The second-order valence-electron chi connectivity index (χ2n) is 6.36. The molecule has 0 aromatic rings. The van der Waals surface area contributed by atoms with Gasteiger partial charge < -0.3 is 10.1 Å². The number of nitrogens with one attached hydrogen (secondary N) is 1. The number of ether oxygens (including phenoxy) is 1. The van der Waals surface area contributed by atoms with E-state index < -0.39 is 9.84 Å². The van der Waals surface area contributed by atoms with Gasteiger partial charge in [-0.05, 0) is 44.6 Å². The Kier molecular flexibility index (Phi) is 5.49. The zero-order valence-corrected chi connectivity index (χ0v) is 13.7. The number of hydrogen-bond acceptors (Lipinski definition) is 4. The molecule has 2 unspecified atom stereocenters. The van der Waals surface area contributed by atoms with Gasteiger partial charge in [0.05, 0.1) is 11.9 Å². The van der Waals surface area contributed by atoms with Crippen LogP contribution in [-0.4, -0.2) is 45.7 Å². The van der Waals surface area contributed by atoms with Crippen LogP contribution in [0.3, 0.4) is 0 Å². The molecule has 1 heterocycles. The fourth-order valence-corrected chi connectivity index (χ4v) is 4.32. The van der Waals surface area contributed by atoms with Gasteiger partial charge in [-0.3, -0.25) is 0 Å². The van der Waals surface area contributed by atoms with Gasteiger partial charge in [0.1, 0.15) is 9.84 Å². The van der Waals surface area contributed by atoms with Gasteiger partial charge >= 0.3 is 0 Å². The summed E-state index contributed by atoms with van der Waals surface area (Å²) in [6.45, 7) is 6.63. The first-order chi connectivity index (χ1) is 9.53. The molecule has 0 spiro atoms. The summed E-state index contributed by atoms with van der Waals surface area (Å²) >= 11 is 0. The first kappa shape index (κ1) is 16.2. The molecule has 2 rings (SSSR count). The largest absolute Gasteiger partial charge is 0.377 e. The molecule has 2 atom stereocenters. The highest BCUT2D eigenvalue weighted by Crippen LogP contribution is 2.49. The number of rotatable bonds is 9. The van der Waals surface area contributed by atoms with Crippen molar-refractivity contribution in [2.24, 2.45) is 11.3 Å². The van der Waals surface area contributed by atoms with E-state index >= 15 is 0 Å². The molecule has 4 nitrogen and oxygen atoms in total. The van der Waals surface area contributed by atoms with Gasteiger partial charge in [0.2, 0.25) is 0 Å². The minimum absolute atomic E-state index is 0.167. The second-order valence-corrected chi connectivity index (χ2v) is 8.83. The zero-order valence-electron chi connectivity index (χ0n) is 12.9. The van der Waals surface area contributed by atoms with Crippen LogP contribution in [-0.2, 0) is 14.6 Å². The summed E-state index contributed by atoms with van der Waals surface area (Å²) < 4.78 is 29.4. The number of sulfone groups is 1. The molecule has 0 radical (unpaired) electrons. The first-order valence-electron chi connectivity index (χ1n) is 8.06. The second kappa shape index (κ2) is 6.75. The van der Waals surface area contributed by atoms with Crippen LogP contribution in [0, 0.1) is 11.3 Å². The fraction of sp³-hybridized carbons (Fsp3) is 1.00. The lowest BCUT2D eigenvalue weighted by molar-refractivity contribution is 0.0265. The van der Waals surface area contributed by atoms with Crippen molar-refractivity contribution in [2.75, 3.05) is 31.2 Å². The standard InChI is InChI=1S/C15H29NO3S/c1-3-16-12-15(8-5-11-20(17,18)4-2)9-10-19-14(15)13-6-7-13/h13-14,16H,3-12H2,1-2H3. The van der Waals surface area contributed by atoms with Gasteiger partial charge in [0, 0.05) is 24.3 Å². The molecule has 1 N–H and O–H groups in total. The summed E-state index contributed by atoms with van der Waals surface area (Å²) in [6, 6.07) is 0. The average Bonchev–Trinajstić information content (AvgIpc) is 3.18. The van der Waals surface area contributed by atoms with Crippen LogP contribution in [0.2, 0.25) is 0 Å². The SMILES string of the molecule is CCNCC1(CCCS(=O)(=O)CC)CCOC1C1CC1. The fourth-order valence-electron chi connectivity index (χ4n) is 3.45. The Bertz CT molecular complexity index is 405. The van der Waals surface area contributed by atoms with Crippen LogP contribution in [0.4, 0.5) is 0 Å². The molecule has 2 fully saturated rings. The molecule has 1 saturated carbocycles. The maximum absolute atomic E-state index is 11.7. The van der Waals surface area contributed by atoms with Crippen LogP contribution in [0.5, 0.6) is 0 Å². The Morgan fingerprint density at radius 1 is 1.30 bits per heavy atom. The first-order valence-corrected chi connectivity index (χ1v) is 9.88. The van der Waals surface area contributed by atoms with Crippen LogP contribution < -0.4 is 5.32 Å². The summed E-state index contributed by atoms with van der Waals surface area (Å²) in [6.07, 6.45) is 5.74. The van der Waals surface area contributed by atoms with Crippen LogP contribution in [0.15, 0.2) is 0 Å². The predicted molar refractivity (Wildman–Crippen MR) is 81.6 cm³/mol. The quantitative estimate of drug-likeness (QED) is 0.708. The van der Waals surface area contributed by atoms with E-state index in [-0.39, 0.29) is 11.2 Å². The van der Waals surface area contributed by atoms with Crippen molar-refractivity contribution in [3.63, 3.8) is 0 Å². The Morgan fingerprint density at radius 2 is 2.05 bits per heavy atom. The molecule has 20 heavy (non-hydrogen) atoms. The van der Waals surface area contributed by atoms with Gasteiger partial charge in [0.25, 0.3) is 0 Å². The lowest BCUT2D eigenvalue weighted by atomic mass is 9.75. The van der Waals surface area contributed by atoms with Gasteiger partial charge in [-0.1, -0.05) is 13.8 Å². The van der Waals surface area contributed by atoms with Crippen molar-refractivity contribution < 1.29 is 13.2 Å². The third-order valence-electron chi connectivity index (χ3n) is 4.85. The Hall–Kier alpha value is -0.130. The third kappa shape index (κ3) is 3.95. The molecule has 1 aliphatic carbocycles. The minimum Gasteiger partial charge on any atom is -0.377 e. The van der Waals surface area contributed by atoms with Crippen LogP contribution in [0.25, 0.3) is 0 Å². The normalized spacial score (nSPS) is 30.8. The van der Waals surface area contributed by atoms with Crippen LogP contribution in [0.1, 0.15) is 46.0 Å². The smallest absolute Gasteiger partial charge is 0.150 e.